The number of carbonyl (C=O) groups is 1. The van der Waals surface area contributed by atoms with E-state index < -0.39 is 0 Å². The average Bonchev–Trinajstić information content (AvgIpc) is 3.33. The predicted molar refractivity (Wildman–Crippen MR) is 85.8 cm³/mol. The maximum absolute atomic E-state index is 12.6. The molecule has 21 heavy (non-hydrogen) atoms. The van der Waals surface area contributed by atoms with Crippen LogP contribution in [0.2, 0.25) is 5.02 Å². The normalized spacial score (nSPS) is 21.9. The Morgan fingerprint density at radius 2 is 2.14 bits per heavy atom. The van der Waals surface area contributed by atoms with Gasteiger partial charge in [-0.25, -0.2) is 4.79 Å². The van der Waals surface area contributed by atoms with Crippen molar-refractivity contribution in [3.8, 4) is 0 Å². The lowest BCUT2D eigenvalue weighted by molar-refractivity contribution is 0.190. The molecule has 2 amide bonds. The van der Waals surface area contributed by atoms with Crippen LogP contribution >= 0.6 is 11.6 Å². The molecule has 1 aliphatic carbocycles. The number of nitrogens with zero attached hydrogens (tertiary/aromatic N) is 1. The fraction of sp³-hybridized carbons (Fsp3) is 0.562. The minimum absolute atomic E-state index is 0.0174. The molecule has 1 aromatic rings. The van der Waals surface area contributed by atoms with E-state index in [1.54, 1.807) is 6.07 Å². The number of hydrogen-bond acceptors (Lipinski definition) is 2. The highest BCUT2D eigenvalue weighted by Crippen LogP contribution is 2.30. The molecule has 0 aromatic heterocycles. The summed E-state index contributed by atoms with van der Waals surface area (Å²) in [6.07, 6.45) is 4.65. The van der Waals surface area contributed by atoms with Gasteiger partial charge >= 0.3 is 6.03 Å². The second-order valence-electron chi connectivity index (χ2n) is 6.01. The maximum atomic E-state index is 12.6. The predicted octanol–water partition coefficient (Wildman–Crippen LogP) is 3.34. The first-order valence-electron chi connectivity index (χ1n) is 7.77. The molecule has 0 radical (unpaired) electrons. The Hall–Kier alpha value is -1.26. The number of urea groups is 1. The van der Waals surface area contributed by atoms with E-state index in [1.165, 1.54) is 12.8 Å². The molecule has 0 bridgehead atoms. The van der Waals surface area contributed by atoms with E-state index in [2.05, 4.69) is 10.6 Å². The van der Waals surface area contributed by atoms with E-state index in [-0.39, 0.29) is 6.03 Å². The highest BCUT2D eigenvalue weighted by atomic mass is 35.5. The quantitative estimate of drug-likeness (QED) is 0.896. The molecule has 4 nitrogen and oxygen atoms in total. The first kappa shape index (κ1) is 14.7. The zero-order valence-electron chi connectivity index (χ0n) is 12.1. The second-order valence-corrected chi connectivity index (χ2v) is 6.41. The summed E-state index contributed by atoms with van der Waals surface area (Å²) in [7, 11) is 0. The van der Waals surface area contributed by atoms with Crippen LogP contribution in [-0.2, 0) is 0 Å². The Morgan fingerprint density at radius 1 is 1.33 bits per heavy atom. The molecule has 1 aliphatic heterocycles. The van der Waals surface area contributed by atoms with E-state index in [1.807, 2.05) is 23.1 Å². The lowest BCUT2D eigenvalue weighted by atomic mass is 9.99. The van der Waals surface area contributed by atoms with Crippen molar-refractivity contribution in [3.05, 3.63) is 29.3 Å². The molecule has 1 unspecified atom stereocenters. The maximum Gasteiger partial charge on any atom is 0.322 e. The van der Waals surface area contributed by atoms with Crippen LogP contribution in [0.25, 0.3) is 0 Å². The summed E-state index contributed by atoms with van der Waals surface area (Å²) in [4.78, 5) is 14.6. The Morgan fingerprint density at radius 3 is 2.81 bits per heavy atom. The highest BCUT2D eigenvalue weighted by molar-refractivity contribution is 6.33. The summed E-state index contributed by atoms with van der Waals surface area (Å²) in [6, 6.07) is 7.78. The molecular weight excluding hydrogens is 286 g/mol. The number of piperidine rings is 1. The van der Waals surface area contributed by atoms with Crippen LogP contribution in [0, 0.1) is 5.92 Å². The minimum Gasteiger partial charge on any atom is -0.321 e. The van der Waals surface area contributed by atoms with Crippen molar-refractivity contribution in [2.45, 2.75) is 31.7 Å². The Balaban J connectivity index is 1.63. The van der Waals surface area contributed by atoms with Gasteiger partial charge in [0.15, 0.2) is 0 Å². The summed E-state index contributed by atoms with van der Waals surface area (Å²) in [5, 5.41) is 6.96. The third-order valence-corrected chi connectivity index (χ3v) is 4.55. The molecule has 114 valence electrons. The van der Waals surface area contributed by atoms with Crippen molar-refractivity contribution >= 4 is 23.3 Å². The van der Waals surface area contributed by atoms with Gasteiger partial charge in [-0.05, 0) is 56.8 Å². The van der Waals surface area contributed by atoms with Gasteiger partial charge < -0.3 is 15.5 Å². The monoisotopic (exact) mass is 307 g/mol. The van der Waals surface area contributed by atoms with E-state index in [4.69, 9.17) is 11.6 Å². The molecule has 1 saturated heterocycles. The van der Waals surface area contributed by atoms with Crippen molar-refractivity contribution in [2.75, 3.05) is 25.0 Å². The number of halogens is 1. The van der Waals surface area contributed by atoms with Gasteiger partial charge in [-0.15, -0.1) is 0 Å². The molecule has 2 fully saturated rings. The fourth-order valence-electron chi connectivity index (χ4n) is 2.89. The number of benzene rings is 1. The van der Waals surface area contributed by atoms with Crippen LogP contribution in [-0.4, -0.2) is 36.6 Å². The second kappa shape index (κ2) is 6.67. The number of anilines is 1. The van der Waals surface area contributed by atoms with Crippen LogP contribution < -0.4 is 10.6 Å². The number of nitrogens with one attached hydrogen (secondary N) is 2. The van der Waals surface area contributed by atoms with Crippen LogP contribution in [0.5, 0.6) is 0 Å². The van der Waals surface area contributed by atoms with Gasteiger partial charge in [-0.2, -0.15) is 0 Å². The van der Waals surface area contributed by atoms with Crippen LogP contribution in [0.3, 0.4) is 0 Å². The number of carbonyl (C=O) groups excluding carboxylic acids is 1. The van der Waals surface area contributed by atoms with Crippen LogP contribution in [0.15, 0.2) is 24.3 Å². The molecule has 1 heterocycles. The van der Waals surface area contributed by atoms with Crippen molar-refractivity contribution in [2.24, 2.45) is 5.92 Å². The molecular formula is C16H22ClN3O. The van der Waals surface area contributed by atoms with E-state index in [9.17, 15) is 4.79 Å². The Bertz CT molecular complexity index is 498. The lowest BCUT2D eigenvalue weighted by Gasteiger charge is -2.30. The standard InChI is InChI=1S/C16H22ClN3O/c17-14-5-1-2-6-15(14)19-16(21)20(13-7-8-13)11-12-4-3-9-18-10-12/h1-2,5-6,12-13,18H,3-4,7-11H2,(H,19,21). The summed E-state index contributed by atoms with van der Waals surface area (Å²) < 4.78 is 0. The molecule has 3 rings (SSSR count). The molecule has 1 saturated carbocycles. The van der Waals surface area contributed by atoms with Crippen molar-refractivity contribution < 1.29 is 4.79 Å². The zero-order chi connectivity index (χ0) is 14.7. The third kappa shape index (κ3) is 3.89. The van der Waals surface area contributed by atoms with E-state index >= 15 is 0 Å². The third-order valence-electron chi connectivity index (χ3n) is 4.22. The Labute approximate surface area is 130 Å². The molecule has 2 N–H and O–H groups in total. The van der Waals surface area contributed by atoms with Crippen molar-refractivity contribution in [1.29, 1.82) is 0 Å². The van der Waals surface area contributed by atoms with E-state index in [0.29, 0.717) is 22.7 Å². The molecule has 1 atom stereocenters. The van der Waals surface area contributed by atoms with Gasteiger partial charge in [0.05, 0.1) is 10.7 Å². The smallest absolute Gasteiger partial charge is 0.321 e. The van der Waals surface area contributed by atoms with Gasteiger partial charge in [0.2, 0.25) is 0 Å². The fourth-order valence-corrected chi connectivity index (χ4v) is 3.07. The van der Waals surface area contributed by atoms with Gasteiger partial charge in [0, 0.05) is 12.6 Å². The summed E-state index contributed by atoms with van der Waals surface area (Å²) >= 11 is 6.12. The summed E-state index contributed by atoms with van der Waals surface area (Å²) in [6.45, 7) is 2.96. The van der Waals surface area contributed by atoms with Gasteiger partial charge in [0.25, 0.3) is 0 Å². The molecule has 5 heteroatoms. The SMILES string of the molecule is O=C(Nc1ccccc1Cl)N(CC1CCCNC1)C1CC1. The molecule has 1 aromatic carbocycles. The largest absolute Gasteiger partial charge is 0.322 e. The molecule has 0 spiro atoms. The number of rotatable bonds is 4. The minimum atomic E-state index is -0.0174. The van der Waals surface area contributed by atoms with Crippen molar-refractivity contribution in [3.63, 3.8) is 0 Å². The highest BCUT2D eigenvalue weighted by Gasteiger charge is 2.34. The van der Waals surface area contributed by atoms with Crippen LogP contribution in [0.1, 0.15) is 25.7 Å². The van der Waals surface area contributed by atoms with Gasteiger partial charge in [-0.3, -0.25) is 0 Å². The van der Waals surface area contributed by atoms with Crippen LogP contribution in [0.4, 0.5) is 10.5 Å². The van der Waals surface area contributed by atoms with Gasteiger partial charge in [0.1, 0.15) is 0 Å². The Kier molecular flexibility index (Phi) is 4.66. The average molecular weight is 308 g/mol. The number of amides is 2. The lowest BCUT2D eigenvalue weighted by Crippen LogP contribution is -2.44. The first-order valence-corrected chi connectivity index (χ1v) is 8.14. The number of hydrogen-bond donors (Lipinski definition) is 2. The summed E-state index contributed by atoms with van der Waals surface area (Å²) in [5.74, 6) is 0.566. The molecule has 2 aliphatic rings. The van der Waals surface area contributed by atoms with E-state index in [0.717, 1.165) is 32.5 Å². The first-order chi connectivity index (χ1) is 10.2. The summed E-state index contributed by atoms with van der Waals surface area (Å²) in [5.41, 5.74) is 0.691. The topological polar surface area (TPSA) is 44.4 Å². The number of para-hydroxylation sites is 1. The van der Waals surface area contributed by atoms with Crippen molar-refractivity contribution in [1.82, 2.24) is 10.2 Å². The van der Waals surface area contributed by atoms with Gasteiger partial charge in [-0.1, -0.05) is 23.7 Å². The zero-order valence-corrected chi connectivity index (χ0v) is 12.9.